The Morgan fingerprint density at radius 1 is 1.42 bits per heavy atom. The van der Waals surface area contributed by atoms with Crippen LogP contribution in [0, 0.1) is 9.49 Å². The van der Waals surface area contributed by atoms with Crippen molar-refractivity contribution in [1.29, 1.82) is 0 Å². The minimum absolute atomic E-state index is 0.281. The average molecular weight is 372 g/mol. The molecule has 0 fully saturated rings. The molecule has 0 aliphatic carbocycles. The van der Waals surface area contributed by atoms with Crippen LogP contribution in [0.4, 0.5) is 0 Å². The summed E-state index contributed by atoms with van der Waals surface area (Å²) in [4.78, 5) is 4.28. The van der Waals surface area contributed by atoms with Crippen molar-refractivity contribution < 1.29 is 9.15 Å². The molecule has 5 heteroatoms. The fourth-order valence-electron chi connectivity index (χ4n) is 1.54. The Labute approximate surface area is 126 Å². The molecule has 0 saturated heterocycles. The van der Waals surface area contributed by atoms with Crippen molar-refractivity contribution >= 4 is 22.6 Å². The Balaban J connectivity index is 1.90. The zero-order valence-corrected chi connectivity index (χ0v) is 13.2. The third kappa shape index (κ3) is 4.83. The number of nitrogens with one attached hydrogen (secondary N) is 1. The summed E-state index contributed by atoms with van der Waals surface area (Å²) in [7, 11) is 0. The van der Waals surface area contributed by atoms with Crippen LogP contribution in [0.1, 0.15) is 19.5 Å². The van der Waals surface area contributed by atoms with Gasteiger partial charge in [0, 0.05) is 10.1 Å². The Morgan fingerprint density at radius 3 is 3.00 bits per heavy atom. The predicted octanol–water partition coefficient (Wildman–Crippen LogP) is 3.82. The minimum Gasteiger partial charge on any atom is -0.417 e. The highest BCUT2D eigenvalue weighted by Crippen LogP contribution is 2.22. The summed E-state index contributed by atoms with van der Waals surface area (Å²) in [6.07, 6.45) is 1.90. The molecule has 0 saturated carbocycles. The van der Waals surface area contributed by atoms with E-state index in [9.17, 15) is 0 Å². The topological polar surface area (TPSA) is 47.3 Å². The van der Waals surface area contributed by atoms with Gasteiger partial charge in [-0.15, -0.1) is 0 Å². The zero-order valence-electron chi connectivity index (χ0n) is 11.0. The molecule has 1 heterocycles. The summed E-state index contributed by atoms with van der Waals surface area (Å²) in [5.74, 6) is 1.35. The van der Waals surface area contributed by atoms with E-state index in [4.69, 9.17) is 9.15 Å². The van der Waals surface area contributed by atoms with Crippen molar-refractivity contribution in [3.05, 3.63) is 39.8 Å². The maximum Gasteiger partial charge on any atom is 0.399 e. The number of oxazole rings is 1. The van der Waals surface area contributed by atoms with Gasteiger partial charge in [0.05, 0.1) is 5.69 Å². The van der Waals surface area contributed by atoms with E-state index in [0.717, 1.165) is 21.6 Å². The first-order valence-electron chi connectivity index (χ1n) is 6.22. The van der Waals surface area contributed by atoms with Gasteiger partial charge in [0.2, 0.25) is 0 Å². The van der Waals surface area contributed by atoms with Gasteiger partial charge in [0.15, 0.2) is 0 Å². The highest BCUT2D eigenvalue weighted by atomic mass is 127. The quantitative estimate of drug-likeness (QED) is 0.784. The van der Waals surface area contributed by atoms with Gasteiger partial charge in [-0.1, -0.05) is 19.9 Å². The van der Waals surface area contributed by atoms with E-state index in [2.05, 4.69) is 46.7 Å². The summed E-state index contributed by atoms with van der Waals surface area (Å²) in [5, 5.41) is 3.31. The molecule has 0 atom stereocenters. The number of hydrogen-bond donors (Lipinski definition) is 1. The molecule has 102 valence electrons. The predicted molar refractivity (Wildman–Crippen MR) is 82.3 cm³/mol. The molecule has 2 aromatic rings. The lowest BCUT2D eigenvalue weighted by Crippen LogP contribution is -2.19. The lowest BCUT2D eigenvalue weighted by Gasteiger charge is -2.04. The monoisotopic (exact) mass is 372 g/mol. The van der Waals surface area contributed by atoms with Crippen molar-refractivity contribution in [2.24, 2.45) is 5.92 Å². The van der Waals surface area contributed by atoms with Gasteiger partial charge in [-0.3, -0.25) is 0 Å². The molecule has 1 N–H and O–H groups in total. The molecule has 1 aromatic heterocycles. The van der Waals surface area contributed by atoms with Crippen LogP contribution in [0.15, 0.2) is 34.9 Å². The summed E-state index contributed by atoms with van der Waals surface area (Å²) in [5.41, 5.74) is 0.848. The Bertz CT molecular complexity index is 526. The molecule has 0 aliphatic heterocycles. The van der Waals surface area contributed by atoms with E-state index >= 15 is 0 Å². The van der Waals surface area contributed by atoms with E-state index in [1.165, 1.54) is 0 Å². The van der Waals surface area contributed by atoms with Gasteiger partial charge in [0.1, 0.15) is 12.0 Å². The molecule has 0 bridgehead atoms. The van der Waals surface area contributed by atoms with Crippen molar-refractivity contribution in [3.8, 4) is 11.8 Å². The van der Waals surface area contributed by atoms with Crippen molar-refractivity contribution in [2.45, 2.75) is 20.4 Å². The second-order valence-corrected chi connectivity index (χ2v) is 5.93. The van der Waals surface area contributed by atoms with Crippen LogP contribution in [0.25, 0.3) is 0 Å². The highest BCUT2D eigenvalue weighted by molar-refractivity contribution is 14.1. The molecule has 0 amide bonds. The van der Waals surface area contributed by atoms with Crippen LogP contribution in [0.5, 0.6) is 11.8 Å². The largest absolute Gasteiger partial charge is 0.417 e. The molecule has 0 unspecified atom stereocenters. The number of aromatic nitrogens is 1. The van der Waals surface area contributed by atoms with Gasteiger partial charge < -0.3 is 14.5 Å². The summed E-state index contributed by atoms with van der Waals surface area (Å²) < 4.78 is 12.0. The molecule has 19 heavy (non-hydrogen) atoms. The number of halogens is 1. The van der Waals surface area contributed by atoms with Gasteiger partial charge in [-0.25, -0.2) is 0 Å². The number of benzene rings is 1. The van der Waals surface area contributed by atoms with Crippen LogP contribution in [-0.2, 0) is 6.54 Å². The number of rotatable bonds is 6. The molecular weight excluding hydrogens is 355 g/mol. The Morgan fingerprint density at radius 2 is 2.26 bits per heavy atom. The first kappa shape index (κ1) is 14.3. The molecule has 2 rings (SSSR count). The van der Waals surface area contributed by atoms with Crippen molar-refractivity contribution in [2.75, 3.05) is 6.54 Å². The molecule has 0 spiro atoms. The summed E-state index contributed by atoms with van der Waals surface area (Å²) in [6, 6.07) is 7.75. The third-order valence-corrected chi connectivity index (χ3v) is 3.06. The maximum atomic E-state index is 5.56. The Hall–Kier alpha value is -1.08. The van der Waals surface area contributed by atoms with E-state index in [-0.39, 0.29) is 6.08 Å². The lowest BCUT2D eigenvalue weighted by atomic mass is 10.2. The third-order valence-electron chi connectivity index (χ3n) is 2.39. The Kier molecular flexibility index (Phi) is 5.21. The lowest BCUT2D eigenvalue weighted by molar-refractivity contribution is 0.330. The van der Waals surface area contributed by atoms with Crippen LogP contribution in [-0.4, -0.2) is 11.5 Å². The summed E-state index contributed by atoms with van der Waals surface area (Å²) >= 11 is 2.24. The van der Waals surface area contributed by atoms with Crippen molar-refractivity contribution in [1.82, 2.24) is 10.3 Å². The summed E-state index contributed by atoms with van der Waals surface area (Å²) in [6.45, 7) is 5.99. The molecule has 4 nitrogen and oxygen atoms in total. The number of ether oxygens (including phenoxy) is 1. The molecular formula is C14H17IN2O2. The molecule has 0 aliphatic rings. The average Bonchev–Trinajstić information content (AvgIpc) is 2.76. The van der Waals surface area contributed by atoms with Gasteiger partial charge in [0.25, 0.3) is 0 Å². The first-order chi connectivity index (χ1) is 9.13. The number of nitrogens with zero attached hydrogens (tertiary/aromatic N) is 1. The van der Waals surface area contributed by atoms with Crippen LogP contribution in [0.2, 0.25) is 0 Å². The molecule has 0 radical (unpaired) electrons. The van der Waals surface area contributed by atoms with Crippen LogP contribution < -0.4 is 10.1 Å². The van der Waals surface area contributed by atoms with E-state index < -0.39 is 0 Å². The maximum absolute atomic E-state index is 5.56. The van der Waals surface area contributed by atoms with Gasteiger partial charge in [-0.2, -0.15) is 4.98 Å². The minimum atomic E-state index is 0.281. The second-order valence-electron chi connectivity index (χ2n) is 4.69. The highest BCUT2D eigenvalue weighted by Gasteiger charge is 2.06. The number of hydrogen-bond acceptors (Lipinski definition) is 4. The first-order valence-corrected chi connectivity index (χ1v) is 7.30. The van der Waals surface area contributed by atoms with E-state index in [1.807, 2.05) is 24.3 Å². The second kappa shape index (κ2) is 6.91. The standard InChI is InChI=1S/C14H17IN2O2/c1-10(2)7-16-8-12-9-18-14(17-12)19-13-5-3-4-11(15)6-13/h3-6,9-10,16H,7-8H2,1-2H3. The smallest absolute Gasteiger partial charge is 0.399 e. The van der Waals surface area contributed by atoms with E-state index in [0.29, 0.717) is 12.5 Å². The van der Waals surface area contributed by atoms with Crippen LogP contribution in [0.3, 0.4) is 0 Å². The van der Waals surface area contributed by atoms with Gasteiger partial charge >= 0.3 is 6.08 Å². The van der Waals surface area contributed by atoms with Crippen LogP contribution >= 0.6 is 22.6 Å². The van der Waals surface area contributed by atoms with Gasteiger partial charge in [-0.05, 0) is 53.3 Å². The fraction of sp³-hybridized carbons (Fsp3) is 0.357. The normalized spacial score (nSPS) is 10.9. The zero-order chi connectivity index (χ0) is 13.7. The molecule has 1 aromatic carbocycles. The van der Waals surface area contributed by atoms with E-state index in [1.54, 1.807) is 6.26 Å². The van der Waals surface area contributed by atoms with Crippen molar-refractivity contribution in [3.63, 3.8) is 0 Å². The fourth-order valence-corrected chi connectivity index (χ4v) is 2.05. The SMILES string of the molecule is CC(C)CNCc1coc(Oc2cccc(I)c2)n1.